The molecule has 0 bridgehead atoms. The van der Waals surface area contributed by atoms with Crippen LogP contribution in [0.25, 0.3) is 0 Å². The van der Waals surface area contributed by atoms with Gasteiger partial charge in [-0.3, -0.25) is 9.89 Å². The Balaban J connectivity index is 1.20. The summed E-state index contributed by atoms with van der Waals surface area (Å²) >= 11 is 5.94. The van der Waals surface area contributed by atoms with Gasteiger partial charge in [-0.15, -0.1) is 0 Å². The maximum Gasteiger partial charge on any atom is 0.407 e. The van der Waals surface area contributed by atoms with Crippen molar-refractivity contribution in [3.8, 4) is 0 Å². The highest BCUT2D eigenvalue weighted by Gasteiger charge is 2.35. The number of amides is 2. The first-order valence-electron chi connectivity index (χ1n) is 9.84. The number of carbonyl (C=O) groups is 2. The highest BCUT2D eigenvalue weighted by Crippen LogP contribution is 2.38. The van der Waals surface area contributed by atoms with Gasteiger partial charge in [0.05, 0.1) is 6.54 Å². The molecule has 160 valence electrons. The Kier molecular flexibility index (Phi) is 6.19. The number of aromatic nitrogens is 2. The van der Waals surface area contributed by atoms with Crippen LogP contribution in [0.1, 0.15) is 42.9 Å². The van der Waals surface area contributed by atoms with Crippen LogP contribution >= 0.6 is 11.6 Å². The Bertz CT molecular complexity index is 905. The van der Waals surface area contributed by atoms with Gasteiger partial charge in [-0.05, 0) is 37.8 Å². The molecule has 1 aromatic heterocycles. The molecule has 2 heterocycles. The van der Waals surface area contributed by atoms with Gasteiger partial charge >= 0.3 is 6.09 Å². The minimum absolute atomic E-state index is 0.0468. The lowest BCUT2D eigenvalue weighted by atomic mass is 9.80. The van der Waals surface area contributed by atoms with Crippen molar-refractivity contribution in [2.45, 2.75) is 50.4 Å². The zero-order chi connectivity index (χ0) is 21.1. The van der Waals surface area contributed by atoms with E-state index in [9.17, 15) is 14.0 Å². The average molecular weight is 437 g/mol. The number of anilines is 1. The minimum atomic E-state index is -0.619. The van der Waals surface area contributed by atoms with Crippen LogP contribution in [0.3, 0.4) is 0 Å². The van der Waals surface area contributed by atoms with E-state index in [0.717, 1.165) is 18.5 Å². The Morgan fingerprint density at radius 1 is 1.37 bits per heavy atom. The fourth-order valence-corrected chi connectivity index (χ4v) is 3.80. The van der Waals surface area contributed by atoms with Crippen LogP contribution in [0.15, 0.2) is 24.3 Å². The van der Waals surface area contributed by atoms with E-state index < -0.39 is 18.0 Å². The topological polar surface area (TPSA) is 105 Å². The molecule has 0 spiro atoms. The Morgan fingerprint density at radius 2 is 2.20 bits per heavy atom. The average Bonchev–Trinajstić information content (AvgIpc) is 3.36. The van der Waals surface area contributed by atoms with Crippen molar-refractivity contribution in [1.82, 2.24) is 15.5 Å². The second kappa shape index (κ2) is 9.01. The van der Waals surface area contributed by atoms with Gasteiger partial charge in [0.1, 0.15) is 18.0 Å². The molecule has 3 N–H and O–H groups in total. The Morgan fingerprint density at radius 3 is 2.93 bits per heavy atom. The van der Waals surface area contributed by atoms with Crippen LogP contribution in [-0.2, 0) is 20.8 Å². The van der Waals surface area contributed by atoms with Gasteiger partial charge in [-0.2, -0.15) is 5.10 Å². The summed E-state index contributed by atoms with van der Waals surface area (Å²) in [4.78, 5) is 24.0. The van der Waals surface area contributed by atoms with E-state index in [1.807, 2.05) is 0 Å². The second-order valence-electron chi connectivity index (χ2n) is 7.45. The van der Waals surface area contributed by atoms with E-state index in [0.29, 0.717) is 25.3 Å². The number of nitrogens with one attached hydrogen (secondary N) is 3. The van der Waals surface area contributed by atoms with Crippen molar-refractivity contribution in [2.75, 3.05) is 11.9 Å². The molecular formula is C20H22ClFN4O4. The predicted molar refractivity (Wildman–Crippen MR) is 107 cm³/mol. The van der Waals surface area contributed by atoms with Gasteiger partial charge in [0.15, 0.2) is 5.82 Å². The first-order chi connectivity index (χ1) is 14.5. The molecule has 0 radical (unpaired) electrons. The largest absolute Gasteiger partial charge is 0.446 e. The lowest BCUT2D eigenvalue weighted by Gasteiger charge is -2.33. The molecule has 1 aliphatic heterocycles. The quantitative estimate of drug-likeness (QED) is 0.642. The summed E-state index contributed by atoms with van der Waals surface area (Å²) in [5.74, 6) is -0.0563. The van der Waals surface area contributed by atoms with Crippen molar-refractivity contribution >= 4 is 29.4 Å². The molecule has 2 aromatic rings. The van der Waals surface area contributed by atoms with Crippen LogP contribution in [0, 0.1) is 5.82 Å². The third-order valence-electron chi connectivity index (χ3n) is 5.35. The number of halogens is 2. The Labute approximate surface area is 177 Å². The van der Waals surface area contributed by atoms with Gasteiger partial charge in [0.25, 0.3) is 5.91 Å². The van der Waals surface area contributed by atoms with Crippen LogP contribution in [0.2, 0.25) is 5.02 Å². The standard InChI is InChI=1S/C20H22ClFN4O4/c21-14-3-1-4-15(22)13(14)10-23-20(28)30-12-7-11(8-12)16-9-18(26-25-16)24-19(27)17-5-2-6-29-17/h1,3-4,9,11-12,17H,2,5-8,10H2,(H,23,28)(H2,24,25,26,27)/t11-,12+,17-/m1/s1. The number of alkyl carbamates (subject to hydrolysis) is 1. The highest BCUT2D eigenvalue weighted by molar-refractivity contribution is 6.31. The molecule has 2 aliphatic rings. The smallest absolute Gasteiger partial charge is 0.407 e. The third-order valence-corrected chi connectivity index (χ3v) is 5.70. The second-order valence-corrected chi connectivity index (χ2v) is 7.86. The highest BCUT2D eigenvalue weighted by atomic mass is 35.5. The zero-order valence-corrected chi connectivity index (χ0v) is 16.9. The number of hydrogen-bond acceptors (Lipinski definition) is 5. The molecule has 10 heteroatoms. The molecule has 1 aliphatic carbocycles. The molecular weight excluding hydrogens is 415 g/mol. The Hall–Kier alpha value is -2.65. The number of aromatic amines is 1. The number of rotatable bonds is 6. The number of nitrogens with zero attached hydrogens (tertiary/aromatic N) is 1. The summed E-state index contributed by atoms with van der Waals surface area (Å²) in [6.07, 6.45) is 1.60. The van der Waals surface area contributed by atoms with Crippen molar-refractivity contribution in [2.24, 2.45) is 0 Å². The molecule has 1 aromatic carbocycles. The minimum Gasteiger partial charge on any atom is -0.446 e. The summed E-state index contributed by atoms with van der Waals surface area (Å²) in [5, 5.41) is 12.6. The van der Waals surface area contributed by atoms with Crippen LogP contribution in [0.5, 0.6) is 0 Å². The van der Waals surface area contributed by atoms with E-state index >= 15 is 0 Å². The van der Waals surface area contributed by atoms with Crippen LogP contribution in [0.4, 0.5) is 15.0 Å². The molecule has 2 fully saturated rings. The summed E-state index contributed by atoms with van der Waals surface area (Å²) in [5.41, 5.74) is 1.09. The summed E-state index contributed by atoms with van der Waals surface area (Å²) in [7, 11) is 0. The molecule has 1 saturated heterocycles. The van der Waals surface area contributed by atoms with Gasteiger partial charge < -0.3 is 20.1 Å². The lowest BCUT2D eigenvalue weighted by molar-refractivity contribution is -0.124. The lowest BCUT2D eigenvalue weighted by Crippen LogP contribution is -2.36. The van der Waals surface area contributed by atoms with E-state index in [2.05, 4.69) is 20.8 Å². The van der Waals surface area contributed by atoms with E-state index in [4.69, 9.17) is 21.1 Å². The van der Waals surface area contributed by atoms with Gasteiger partial charge in [-0.1, -0.05) is 17.7 Å². The molecule has 2 amide bonds. The molecule has 0 unspecified atom stereocenters. The van der Waals surface area contributed by atoms with Gasteiger partial charge in [-0.25, -0.2) is 9.18 Å². The SMILES string of the molecule is O=C(NCc1c(F)cccc1Cl)O[C@H]1C[C@@H](c2cc(NC(=O)[C@H]3CCCO3)n[nH]2)C1. The first kappa shape index (κ1) is 20.6. The van der Waals surface area contributed by atoms with Gasteiger partial charge in [0.2, 0.25) is 0 Å². The first-order valence-corrected chi connectivity index (χ1v) is 10.2. The number of ether oxygens (including phenoxy) is 2. The van der Waals surface area contributed by atoms with E-state index in [1.165, 1.54) is 12.1 Å². The number of hydrogen-bond donors (Lipinski definition) is 3. The monoisotopic (exact) mass is 436 g/mol. The predicted octanol–water partition coefficient (Wildman–Crippen LogP) is 3.49. The zero-order valence-electron chi connectivity index (χ0n) is 16.1. The molecule has 1 saturated carbocycles. The van der Waals surface area contributed by atoms with Crippen molar-refractivity contribution in [3.63, 3.8) is 0 Å². The summed E-state index contributed by atoms with van der Waals surface area (Å²) < 4.78 is 24.4. The van der Waals surface area contributed by atoms with Crippen LogP contribution < -0.4 is 10.6 Å². The van der Waals surface area contributed by atoms with Crippen LogP contribution in [-0.4, -0.2) is 41.0 Å². The summed E-state index contributed by atoms with van der Waals surface area (Å²) in [6.45, 7) is 0.559. The number of H-pyrrole nitrogens is 1. The maximum absolute atomic E-state index is 13.7. The fourth-order valence-electron chi connectivity index (χ4n) is 3.57. The van der Waals surface area contributed by atoms with E-state index in [1.54, 1.807) is 12.1 Å². The number of benzene rings is 1. The molecule has 8 nitrogen and oxygen atoms in total. The van der Waals surface area contributed by atoms with Gasteiger partial charge in [0, 0.05) is 34.9 Å². The van der Waals surface area contributed by atoms with Crippen molar-refractivity contribution in [3.05, 3.63) is 46.4 Å². The van der Waals surface area contributed by atoms with Crippen molar-refractivity contribution in [1.29, 1.82) is 0 Å². The maximum atomic E-state index is 13.7. The molecule has 1 atom stereocenters. The molecule has 30 heavy (non-hydrogen) atoms. The normalized spacial score (nSPS) is 22.9. The molecule has 4 rings (SSSR count). The van der Waals surface area contributed by atoms with E-state index in [-0.39, 0.29) is 35.1 Å². The third kappa shape index (κ3) is 4.73. The van der Waals surface area contributed by atoms with Crippen molar-refractivity contribution < 1.29 is 23.5 Å². The number of carbonyl (C=O) groups excluding carboxylic acids is 2. The fraction of sp³-hybridized carbons (Fsp3) is 0.450. The summed E-state index contributed by atoms with van der Waals surface area (Å²) in [6, 6.07) is 6.13.